The van der Waals surface area contributed by atoms with E-state index in [2.05, 4.69) is 54.2 Å². The van der Waals surface area contributed by atoms with Gasteiger partial charge in [0.25, 0.3) is 0 Å². The number of carbonyl (C=O) groups excluding carboxylic acids is 6. The second-order valence-corrected chi connectivity index (χ2v) is 23.4. The van der Waals surface area contributed by atoms with Crippen molar-refractivity contribution in [3.8, 4) is 0 Å². The normalized spacial score (nSPS) is 14.6. The molecule has 1 aliphatic rings. The molecule has 0 spiro atoms. The summed E-state index contributed by atoms with van der Waals surface area (Å²) in [6.07, 6.45) is 33.3. The number of ether oxygens (including phenoxy) is 6. The lowest BCUT2D eigenvalue weighted by Crippen LogP contribution is -2.28. The van der Waals surface area contributed by atoms with Crippen molar-refractivity contribution >= 4 is 35.6 Å². The molecule has 0 aromatic heterocycles. The number of unbranched alkanes of at least 4 members (excludes halogenated alkanes) is 20. The zero-order chi connectivity index (χ0) is 58.9. The molecular weight excluding hydrogens is 1010 g/mol. The van der Waals surface area contributed by atoms with Crippen LogP contribution in [0.4, 0.5) is 0 Å². The molecule has 1 N–H and O–H groups in total. The first kappa shape index (κ1) is 74.4. The smallest absolute Gasteiger partial charge is 0.334 e. The van der Waals surface area contributed by atoms with Crippen molar-refractivity contribution in [2.45, 2.75) is 311 Å². The lowest BCUT2D eigenvalue weighted by molar-refractivity contribution is -0.153. The van der Waals surface area contributed by atoms with Gasteiger partial charge in [0.15, 0.2) is 6.29 Å². The van der Waals surface area contributed by atoms with E-state index in [0.29, 0.717) is 52.1 Å². The minimum atomic E-state index is -1.33. The summed E-state index contributed by atoms with van der Waals surface area (Å²) in [5.41, 5.74) is 1.64. The third kappa shape index (κ3) is 42.3. The van der Waals surface area contributed by atoms with E-state index in [4.69, 9.17) is 28.4 Å². The fourth-order valence-corrected chi connectivity index (χ4v) is 10.5. The number of allylic oxidation sites excluding steroid dienone is 1. The van der Waals surface area contributed by atoms with Crippen LogP contribution in [0.3, 0.4) is 0 Å². The highest BCUT2D eigenvalue weighted by atomic mass is 16.6. The number of rotatable bonds is 55. The van der Waals surface area contributed by atoms with Gasteiger partial charge in [-0.1, -0.05) is 207 Å². The number of aliphatic hydroxyl groups excluding tert-OH is 1. The summed E-state index contributed by atoms with van der Waals surface area (Å²) in [5.74, 6) is -3.35. The standard InChI is InChI=1S/C67H118O13/c1-8-13-17-21-25-29-43-75-62(69)48-57(49-63(70)76-44-30-26-22-18-14-9-2)47-60(68)38-34-36-54(6)35-33-37-59(55(7)67(74)80-61-41-39-56(12-5)40-42-61)53-79-66(73)52-58(50-64(71)77-45-31-27-23-19-15-10-3)51-65(72)78-46-32-28-24-20-16-11-4/h39,54,57-59,61,66,73H,7-38,40-53H2,1-6H3/t54-,59-,61?,66?/m0/s1. The summed E-state index contributed by atoms with van der Waals surface area (Å²) in [5, 5.41) is 11.3. The number of carbonyl (C=O) groups is 6. The number of hydrogen-bond acceptors (Lipinski definition) is 13. The fraction of sp³-hybridized carbons (Fsp3) is 0.851. The minimum Gasteiger partial charge on any atom is -0.466 e. The highest BCUT2D eigenvalue weighted by Crippen LogP contribution is 2.29. The summed E-state index contributed by atoms with van der Waals surface area (Å²) in [7, 11) is 0. The number of esters is 5. The molecule has 0 saturated carbocycles. The molecule has 0 aromatic rings. The Labute approximate surface area is 487 Å². The van der Waals surface area contributed by atoms with Gasteiger partial charge in [-0.15, -0.1) is 0 Å². The predicted octanol–water partition coefficient (Wildman–Crippen LogP) is 16.7. The molecule has 0 amide bonds. The highest BCUT2D eigenvalue weighted by molar-refractivity contribution is 5.88. The van der Waals surface area contributed by atoms with Crippen molar-refractivity contribution < 1.29 is 62.3 Å². The summed E-state index contributed by atoms with van der Waals surface area (Å²) in [4.78, 5) is 79.1. The van der Waals surface area contributed by atoms with Crippen LogP contribution in [0.5, 0.6) is 0 Å². The van der Waals surface area contributed by atoms with Crippen molar-refractivity contribution in [3.63, 3.8) is 0 Å². The third-order valence-electron chi connectivity index (χ3n) is 15.7. The number of aliphatic hydroxyl groups is 1. The van der Waals surface area contributed by atoms with Gasteiger partial charge in [-0.2, -0.15) is 0 Å². The van der Waals surface area contributed by atoms with Crippen LogP contribution in [0.25, 0.3) is 0 Å². The fourth-order valence-electron chi connectivity index (χ4n) is 10.5. The van der Waals surface area contributed by atoms with Crippen molar-refractivity contribution in [2.75, 3.05) is 33.0 Å². The van der Waals surface area contributed by atoms with E-state index < -0.39 is 42.0 Å². The van der Waals surface area contributed by atoms with Crippen molar-refractivity contribution in [1.82, 2.24) is 0 Å². The van der Waals surface area contributed by atoms with E-state index in [-0.39, 0.29) is 80.4 Å². The molecule has 1 rings (SSSR count). The van der Waals surface area contributed by atoms with Gasteiger partial charge in [-0.25, -0.2) is 4.79 Å². The van der Waals surface area contributed by atoms with Crippen molar-refractivity contribution in [1.29, 1.82) is 0 Å². The summed E-state index contributed by atoms with van der Waals surface area (Å²) in [6, 6.07) is 0. The average molecular weight is 1130 g/mol. The zero-order valence-electron chi connectivity index (χ0n) is 51.9. The van der Waals surface area contributed by atoms with Gasteiger partial charge >= 0.3 is 29.8 Å². The topological polar surface area (TPSA) is 178 Å². The molecular formula is C67H118O13. The maximum atomic E-state index is 13.7. The van der Waals surface area contributed by atoms with E-state index in [1.807, 2.05) is 0 Å². The molecule has 0 fully saturated rings. The minimum absolute atomic E-state index is 0.000765. The van der Waals surface area contributed by atoms with Gasteiger partial charge in [-0.3, -0.25) is 24.0 Å². The van der Waals surface area contributed by atoms with Gasteiger partial charge in [0.2, 0.25) is 0 Å². The van der Waals surface area contributed by atoms with Crippen molar-refractivity contribution in [3.05, 3.63) is 23.8 Å². The van der Waals surface area contributed by atoms with Crippen LogP contribution in [0.15, 0.2) is 23.8 Å². The first-order chi connectivity index (χ1) is 38.7. The van der Waals surface area contributed by atoms with Gasteiger partial charge in [0, 0.05) is 62.9 Å². The maximum absolute atomic E-state index is 13.7. The average Bonchev–Trinajstić information content (AvgIpc) is 3.42. The van der Waals surface area contributed by atoms with Gasteiger partial charge in [0.05, 0.1) is 33.0 Å². The molecule has 0 radical (unpaired) electrons. The Hall–Kier alpha value is -3.58. The predicted molar refractivity (Wildman–Crippen MR) is 321 cm³/mol. The third-order valence-corrected chi connectivity index (χ3v) is 15.7. The summed E-state index contributed by atoms with van der Waals surface area (Å²) in [6.45, 7) is 18.5. The Morgan fingerprint density at radius 3 is 1.36 bits per heavy atom. The van der Waals surface area contributed by atoms with Gasteiger partial charge in [0.1, 0.15) is 11.9 Å². The molecule has 80 heavy (non-hydrogen) atoms. The second kappa shape index (κ2) is 51.1. The molecule has 4 atom stereocenters. The SMILES string of the molecule is C=C(C(=O)OC1CC=C(CC)CC1)[C@@H](CCC[C@H](C)CCCC(=O)CC(CC(=O)OCCCCCCCC)CC(=O)OCCCCCCCC)COC(O)CC(CC(=O)OCCCCCCCC)CC(=O)OCCCCCCCC. The first-order valence-corrected chi connectivity index (χ1v) is 32.8. The molecule has 1 aliphatic carbocycles. The van der Waals surface area contributed by atoms with Crippen LogP contribution in [0.1, 0.15) is 298 Å². The zero-order valence-corrected chi connectivity index (χ0v) is 51.9. The first-order valence-electron chi connectivity index (χ1n) is 32.8. The Bertz CT molecular complexity index is 1590. The lowest BCUT2D eigenvalue weighted by Gasteiger charge is -2.26. The van der Waals surface area contributed by atoms with Crippen LogP contribution in [-0.4, -0.2) is 86.2 Å². The van der Waals surface area contributed by atoms with Crippen LogP contribution >= 0.6 is 0 Å². The molecule has 0 heterocycles. The summed E-state index contributed by atoms with van der Waals surface area (Å²) < 4.78 is 34.3. The quantitative estimate of drug-likeness (QED) is 0.0152. The Balaban J connectivity index is 2.95. The van der Waals surface area contributed by atoms with E-state index in [1.165, 1.54) is 56.9 Å². The Kier molecular flexibility index (Phi) is 47.5. The second-order valence-electron chi connectivity index (χ2n) is 23.4. The molecule has 0 aromatic carbocycles. The molecule has 13 heteroatoms. The molecule has 13 nitrogen and oxygen atoms in total. The molecule has 0 bridgehead atoms. The lowest BCUT2D eigenvalue weighted by atomic mass is 9.89. The highest BCUT2D eigenvalue weighted by Gasteiger charge is 2.28. The van der Waals surface area contributed by atoms with E-state index >= 15 is 0 Å². The monoisotopic (exact) mass is 1130 g/mol. The van der Waals surface area contributed by atoms with Crippen LogP contribution in [0, 0.1) is 23.7 Å². The van der Waals surface area contributed by atoms with E-state index in [9.17, 15) is 33.9 Å². The summed E-state index contributed by atoms with van der Waals surface area (Å²) >= 11 is 0. The van der Waals surface area contributed by atoms with Crippen LogP contribution in [-0.2, 0) is 57.2 Å². The van der Waals surface area contributed by atoms with E-state index in [1.54, 1.807) is 0 Å². The number of hydrogen-bond donors (Lipinski definition) is 1. The van der Waals surface area contributed by atoms with Crippen LogP contribution < -0.4 is 0 Å². The molecule has 2 unspecified atom stereocenters. The van der Waals surface area contributed by atoms with Crippen LogP contribution in [0.2, 0.25) is 0 Å². The molecule has 0 saturated heterocycles. The van der Waals surface area contributed by atoms with Gasteiger partial charge in [-0.05, 0) is 75.5 Å². The Morgan fingerprint density at radius 2 is 0.950 bits per heavy atom. The van der Waals surface area contributed by atoms with Crippen molar-refractivity contribution in [2.24, 2.45) is 23.7 Å². The number of Topliss-reactive ketones (excluding diaryl/α,β-unsaturated/α-hetero) is 1. The molecule has 0 aliphatic heterocycles. The number of ketones is 1. The maximum Gasteiger partial charge on any atom is 0.334 e. The molecule has 464 valence electrons. The van der Waals surface area contributed by atoms with E-state index in [0.717, 1.165) is 141 Å². The van der Waals surface area contributed by atoms with Gasteiger partial charge < -0.3 is 33.5 Å². The largest absolute Gasteiger partial charge is 0.466 e. The Morgan fingerprint density at radius 1 is 0.537 bits per heavy atom.